The molecule has 26 heavy (non-hydrogen) atoms. The van der Waals surface area contributed by atoms with E-state index in [0.29, 0.717) is 6.04 Å². The summed E-state index contributed by atoms with van der Waals surface area (Å²) in [6.45, 7) is 3.20. The van der Waals surface area contributed by atoms with Gasteiger partial charge in [0.1, 0.15) is 0 Å². The molecule has 0 saturated carbocycles. The van der Waals surface area contributed by atoms with E-state index in [0.717, 1.165) is 38.9 Å². The number of benzene rings is 2. The van der Waals surface area contributed by atoms with Crippen molar-refractivity contribution >= 4 is 5.97 Å². The Hall–Kier alpha value is -2.17. The Morgan fingerprint density at radius 1 is 1.04 bits per heavy atom. The Bertz CT molecular complexity index is 700. The van der Waals surface area contributed by atoms with Crippen molar-refractivity contribution in [1.82, 2.24) is 9.80 Å². The molecule has 2 aromatic carbocycles. The lowest BCUT2D eigenvalue weighted by atomic mass is 10.0. The van der Waals surface area contributed by atoms with E-state index in [1.807, 2.05) is 18.0 Å². The molecule has 1 aliphatic rings. The monoisotopic (exact) mass is 352 g/mol. The fourth-order valence-electron chi connectivity index (χ4n) is 3.77. The van der Waals surface area contributed by atoms with E-state index in [4.69, 9.17) is 5.11 Å². The minimum atomic E-state index is -0.743. The van der Waals surface area contributed by atoms with Crippen LogP contribution >= 0.6 is 0 Å². The molecule has 138 valence electrons. The van der Waals surface area contributed by atoms with Gasteiger partial charge in [-0.1, -0.05) is 54.6 Å². The largest absolute Gasteiger partial charge is 0.480 e. The fraction of sp³-hybridized carbons (Fsp3) is 0.409. The highest BCUT2D eigenvalue weighted by atomic mass is 16.4. The predicted octanol–water partition coefficient (Wildman–Crippen LogP) is 3.72. The quantitative estimate of drug-likeness (QED) is 0.860. The van der Waals surface area contributed by atoms with Gasteiger partial charge in [-0.2, -0.15) is 0 Å². The van der Waals surface area contributed by atoms with Gasteiger partial charge in [-0.3, -0.25) is 14.6 Å². The number of carbonyl (C=O) groups is 1. The van der Waals surface area contributed by atoms with E-state index in [1.165, 1.54) is 16.7 Å². The molecular formula is C22H28N2O2. The standard InChI is InChI=1S/C22H28N2O2/c1-23(17-22(25)26)21-8-5-14-24(15-13-21)16-18-9-11-20(12-10-18)19-6-3-2-4-7-19/h2-4,6-7,9-12,21H,5,8,13-17H2,1H3,(H,25,26). The first-order chi connectivity index (χ1) is 12.6. The third kappa shape index (κ3) is 5.16. The number of nitrogens with zero attached hydrogens (tertiary/aromatic N) is 2. The molecule has 1 atom stereocenters. The third-order valence-electron chi connectivity index (χ3n) is 5.27. The minimum absolute atomic E-state index is 0.131. The number of hydrogen-bond acceptors (Lipinski definition) is 3. The number of carboxylic acids is 1. The third-order valence-corrected chi connectivity index (χ3v) is 5.27. The van der Waals surface area contributed by atoms with Gasteiger partial charge in [0.05, 0.1) is 6.54 Å². The van der Waals surface area contributed by atoms with Crippen molar-refractivity contribution in [2.45, 2.75) is 31.8 Å². The molecule has 0 radical (unpaired) electrons. The van der Waals surface area contributed by atoms with Crippen LogP contribution in [0.3, 0.4) is 0 Å². The Balaban J connectivity index is 1.55. The molecule has 0 aliphatic carbocycles. The van der Waals surface area contributed by atoms with Gasteiger partial charge in [-0.05, 0) is 56.1 Å². The van der Waals surface area contributed by atoms with Crippen LogP contribution in [0, 0.1) is 0 Å². The lowest BCUT2D eigenvalue weighted by Crippen LogP contribution is -2.36. The first kappa shape index (κ1) is 18.6. The molecule has 0 bridgehead atoms. The van der Waals surface area contributed by atoms with Crippen LogP contribution in [-0.4, -0.2) is 53.6 Å². The van der Waals surface area contributed by atoms with Gasteiger partial charge in [0, 0.05) is 12.6 Å². The van der Waals surface area contributed by atoms with Gasteiger partial charge in [0.15, 0.2) is 0 Å². The molecule has 1 saturated heterocycles. The average molecular weight is 352 g/mol. The average Bonchev–Trinajstić information content (AvgIpc) is 2.88. The number of carboxylic acid groups (broad SMARTS) is 1. The van der Waals surface area contributed by atoms with E-state index < -0.39 is 5.97 Å². The minimum Gasteiger partial charge on any atom is -0.480 e. The maximum Gasteiger partial charge on any atom is 0.317 e. The molecule has 0 aromatic heterocycles. The lowest BCUT2D eigenvalue weighted by Gasteiger charge is -2.25. The number of rotatable bonds is 6. The summed E-state index contributed by atoms with van der Waals surface area (Å²) in [5.74, 6) is -0.743. The molecular weight excluding hydrogens is 324 g/mol. The Labute approximate surface area is 156 Å². The second kappa shape index (κ2) is 8.97. The van der Waals surface area contributed by atoms with Crippen LogP contribution in [0.4, 0.5) is 0 Å². The van der Waals surface area contributed by atoms with E-state index >= 15 is 0 Å². The molecule has 1 heterocycles. The zero-order valence-electron chi connectivity index (χ0n) is 15.5. The summed E-state index contributed by atoms with van der Waals surface area (Å²) in [5.41, 5.74) is 3.83. The smallest absolute Gasteiger partial charge is 0.317 e. The van der Waals surface area contributed by atoms with E-state index in [2.05, 4.69) is 53.4 Å². The highest BCUT2D eigenvalue weighted by Crippen LogP contribution is 2.21. The van der Waals surface area contributed by atoms with Crippen molar-refractivity contribution in [1.29, 1.82) is 0 Å². The molecule has 4 heteroatoms. The topological polar surface area (TPSA) is 43.8 Å². The first-order valence-corrected chi connectivity index (χ1v) is 9.40. The van der Waals surface area contributed by atoms with Crippen LogP contribution < -0.4 is 0 Å². The molecule has 1 N–H and O–H groups in total. The number of hydrogen-bond donors (Lipinski definition) is 1. The van der Waals surface area contributed by atoms with Gasteiger partial charge in [0.25, 0.3) is 0 Å². The maximum atomic E-state index is 10.9. The molecule has 1 aliphatic heterocycles. The van der Waals surface area contributed by atoms with Crippen LogP contribution in [0.2, 0.25) is 0 Å². The van der Waals surface area contributed by atoms with Crippen molar-refractivity contribution < 1.29 is 9.90 Å². The van der Waals surface area contributed by atoms with Crippen molar-refractivity contribution in [3.63, 3.8) is 0 Å². The molecule has 0 amide bonds. The summed E-state index contributed by atoms with van der Waals surface area (Å²) >= 11 is 0. The van der Waals surface area contributed by atoms with Crippen LogP contribution in [-0.2, 0) is 11.3 Å². The van der Waals surface area contributed by atoms with Crippen molar-refractivity contribution in [2.24, 2.45) is 0 Å². The summed E-state index contributed by atoms with van der Waals surface area (Å²) in [7, 11) is 1.93. The Kier molecular flexibility index (Phi) is 6.42. The molecule has 2 aromatic rings. The van der Waals surface area contributed by atoms with Crippen molar-refractivity contribution in [2.75, 3.05) is 26.7 Å². The summed E-state index contributed by atoms with van der Waals surface area (Å²) in [5, 5.41) is 8.98. The number of aliphatic carboxylic acids is 1. The lowest BCUT2D eigenvalue weighted by molar-refractivity contribution is -0.138. The zero-order valence-corrected chi connectivity index (χ0v) is 15.5. The second-order valence-corrected chi connectivity index (χ2v) is 7.23. The number of likely N-dealkylation sites (N-methyl/N-ethyl adjacent to an activating group) is 1. The van der Waals surface area contributed by atoms with Crippen LogP contribution in [0.25, 0.3) is 11.1 Å². The summed E-state index contributed by atoms with van der Waals surface area (Å²) in [6, 6.07) is 19.7. The SMILES string of the molecule is CN(CC(=O)O)C1CCCN(Cc2ccc(-c3ccccc3)cc2)CC1. The highest BCUT2D eigenvalue weighted by Gasteiger charge is 2.21. The first-order valence-electron chi connectivity index (χ1n) is 9.40. The highest BCUT2D eigenvalue weighted by molar-refractivity contribution is 5.69. The zero-order chi connectivity index (χ0) is 18.4. The molecule has 0 spiro atoms. The molecule has 4 nitrogen and oxygen atoms in total. The van der Waals surface area contributed by atoms with E-state index in [9.17, 15) is 4.79 Å². The summed E-state index contributed by atoms with van der Waals surface area (Å²) in [4.78, 5) is 15.4. The van der Waals surface area contributed by atoms with Gasteiger partial charge in [0.2, 0.25) is 0 Å². The van der Waals surface area contributed by atoms with Gasteiger partial charge < -0.3 is 5.11 Å². The maximum absolute atomic E-state index is 10.9. The normalized spacial score (nSPS) is 18.6. The molecule has 1 fully saturated rings. The van der Waals surface area contributed by atoms with Gasteiger partial charge in [-0.25, -0.2) is 0 Å². The van der Waals surface area contributed by atoms with E-state index in [1.54, 1.807) is 0 Å². The summed E-state index contributed by atoms with van der Waals surface area (Å²) < 4.78 is 0. The van der Waals surface area contributed by atoms with E-state index in [-0.39, 0.29) is 6.54 Å². The van der Waals surface area contributed by atoms with Crippen LogP contribution in [0.15, 0.2) is 54.6 Å². The summed E-state index contributed by atoms with van der Waals surface area (Å²) in [6.07, 6.45) is 3.23. The Morgan fingerprint density at radius 3 is 2.42 bits per heavy atom. The van der Waals surface area contributed by atoms with Crippen LogP contribution in [0.5, 0.6) is 0 Å². The van der Waals surface area contributed by atoms with Crippen molar-refractivity contribution in [3.05, 3.63) is 60.2 Å². The van der Waals surface area contributed by atoms with Gasteiger partial charge in [-0.15, -0.1) is 0 Å². The molecule has 1 unspecified atom stereocenters. The number of likely N-dealkylation sites (tertiary alicyclic amines) is 1. The van der Waals surface area contributed by atoms with Crippen molar-refractivity contribution in [3.8, 4) is 11.1 Å². The van der Waals surface area contributed by atoms with Gasteiger partial charge >= 0.3 is 5.97 Å². The second-order valence-electron chi connectivity index (χ2n) is 7.23. The molecule has 3 rings (SSSR count). The van der Waals surface area contributed by atoms with Crippen LogP contribution in [0.1, 0.15) is 24.8 Å². The predicted molar refractivity (Wildman–Crippen MR) is 105 cm³/mol. The Morgan fingerprint density at radius 2 is 1.73 bits per heavy atom. The fourth-order valence-corrected chi connectivity index (χ4v) is 3.77.